The van der Waals surface area contributed by atoms with E-state index in [1.54, 1.807) is 19.2 Å². The summed E-state index contributed by atoms with van der Waals surface area (Å²) in [6, 6.07) is 16.9. The number of nitrogens with one attached hydrogen (secondary N) is 2. The highest BCUT2D eigenvalue weighted by Gasteiger charge is 2.34. The number of aromatic nitrogens is 3. The van der Waals surface area contributed by atoms with Crippen LogP contribution < -0.4 is 11.0 Å². The lowest BCUT2D eigenvalue weighted by atomic mass is 9.97. The molecule has 5 rings (SSSR count). The summed E-state index contributed by atoms with van der Waals surface area (Å²) in [7, 11) is 1.69. The minimum absolute atomic E-state index is 0.0705. The molecule has 134 valence electrons. The topological polar surface area (TPSA) is 92.2 Å². The molecule has 0 amide bonds. The summed E-state index contributed by atoms with van der Waals surface area (Å²) in [4.78, 5) is 18.7. The van der Waals surface area contributed by atoms with Gasteiger partial charge in [-0.25, -0.2) is 5.48 Å². The zero-order valence-corrected chi connectivity index (χ0v) is 14.4. The fourth-order valence-corrected chi connectivity index (χ4v) is 3.62. The van der Waals surface area contributed by atoms with E-state index >= 15 is 0 Å². The quantitative estimate of drug-likeness (QED) is 0.511. The van der Waals surface area contributed by atoms with E-state index in [0.29, 0.717) is 28.0 Å². The number of hydrogen-bond acceptors (Lipinski definition) is 5. The monoisotopic (exact) mass is 360 g/mol. The first-order chi connectivity index (χ1) is 13.2. The van der Waals surface area contributed by atoms with Crippen LogP contribution in [-0.2, 0) is 11.9 Å². The van der Waals surface area contributed by atoms with Crippen LogP contribution in [0.15, 0.2) is 59.4 Å². The van der Waals surface area contributed by atoms with Gasteiger partial charge in [0, 0.05) is 12.4 Å². The number of nitrogens with zero attached hydrogens (tertiary/aromatic N) is 2. The Labute approximate surface area is 153 Å². The molecule has 0 saturated carbocycles. The smallest absolute Gasteiger partial charge is 0.264 e. The lowest BCUT2D eigenvalue weighted by Gasteiger charge is -2.14. The molecule has 0 spiro atoms. The predicted octanol–water partition coefficient (Wildman–Crippen LogP) is 3.08. The van der Waals surface area contributed by atoms with Gasteiger partial charge >= 0.3 is 0 Å². The largest absolute Gasteiger partial charge is 0.506 e. The molecule has 0 radical (unpaired) electrons. The fourth-order valence-electron chi connectivity index (χ4n) is 3.62. The second-order valence-corrected chi connectivity index (χ2v) is 6.48. The highest BCUT2D eigenvalue weighted by Crippen LogP contribution is 2.43. The van der Waals surface area contributed by atoms with Crippen molar-refractivity contribution in [3.63, 3.8) is 0 Å². The molecule has 3 N–H and O–H groups in total. The van der Waals surface area contributed by atoms with Gasteiger partial charge < -0.3 is 9.67 Å². The Kier molecular flexibility index (Phi) is 3.32. The summed E-state index contributed by atoms with van der Waals surface area (Å²) in [6.45, 7) is 0. The van der Waals surface area contributed by atoms with Gasteiger partial charge in [0.2, 0.25) is 0 Å². The predicted molar refractivity (Wildman–Crippen MR) is 101 cm³/mol. The van der Waals surface area contributed by atoms with E-state index in [2.05, 4.69) is 15.7 Å². The van der Waals surface area contributed by atoms with E-state index in [-0.39, 0.29) is 16.9 Å². The summed E-state index contributed by atoms with van der Waals surface area (Å²) in [6.07, 6.45) is -0.439. The van der Waals surface area contributed by atoms with Gasteiger partial charge in [0.05, 0.1) is 16.8 Å². The Balaban J connectivity index is 1.79. The molecule has 0 aliphatic carbocycles. The highest BCUT2D eigenvalue weighted by atomic mass is 16.7. The molecule has 1 aliphatic rings. The molecule has 0 saturated heterocycles. The first-order valence-corrected chi connectivity index (χ1v) is 8.52. The first kappa shape index (κ1) is 15.7. The summed E-state index contributed by atoms with van der Waals surface area (Å²) in [5.41, 5.74) is 5.40. The average molecular weight is 360 g/mol. The molecule has 0 fully saturated rings. The van der Waals surface area contributed by atoms with Crippen molar-refractivity contribution in [2.24, 2.45) is 7.05 Å². The van der Waals surface area contributed by atoms with E-state index < -0.39 is 6.10 Å². The van der Waals surface area contributed by atoms with Gasteiger partial charge in [-0.05, 0) is 17.7 Å². The van der Waals surface area contributed by atoms with Crippen LogP contribution in [0.5, 0.6) is 5.75 Å². The van der Waals surface area contributed by atoms with Crippen LogP contribution in [0.25, 0.3) is 22.2 Å². The van der Waals surface area contributed by atoms with Crippen molar-refractivity contribution in [3.8, 4) is 17.0 Å². The molecule has 2 aromatic carbocycles. The molecule has 2 aromatic heterocycles. The Morgan fingerprint density at radius 1 is 1.11 bits per heavy atom. The molecule has 0 bridgehead atoms. The van der Waals surface area contributed by atoms with Crippen molar-refractivity contribution in [1.29, 1.82) is 0 Å². The van der Waals surface area contributed by atoms with Gasteiger partial charge in [0.25, 0.3) is 5.56 Å². The number of H-pyrrole nitrogens is 1. The Bertz CT molecular complexity index is 1230. The van der Waals surface area contributed by atoms with Crippen molar-refractivity contribution in [1.82, 2.24) is 14.8 Å². The minimum Gasteiger partial charge on any atom is -0.506 e. The molecule has 3 heterocycles. The molecule has 1 unspecified atom stereocenters. The molecule has 7 heteroatoms. The standard InChI is InChI=1S/C20H16N4O3/c1-24-13-10-6-5-9-12(13)17(25)14(20(24)26)16-15-18(11-7-3-2-4-8-11)27-23-19(15)22-21-16/h2-10,18,25H,1H3,(H2,21,22,23). The zero-order valence-electron chi connectivity index (χ0n) is 14.4. The highest BCUT2D eigenvalue weighted by molar-refractivity contribution is 5.92. The van der Waals surface area contributed by atoms with E-state index in [4.69, 9.17) is 4.84 Å². The number of aromatic amines is 1. The number of rotatable bonds is 2. The van der Waals surface area contributed by atoms with Crippen molar-refractivity contribution >= 4 is 16.7 Å². The number of anilines is 1. The minimum atomic E-state index is -0.439. The van der Waals surface area contributed by atoms with Crippen molar-refractivity contribution in [2.75, 3.05) is 5.48 Å². The maximum Gasteiger partial charge on any atom is 0.264 e. The van der Waals surface area contributed by atoms with E-state index in [1.807, 2.05) is 42.5 Å². The number of pyridine rings is 1. The van der Waals surface area contributed by atoms with Crippen molar-refractivity contribution < 1.29 is 9.94 Å². The normalized spacial score (nSPS) is 15.7. The molecular weight excluding hydrogens is 344 g/mol. The number of aromatic hydroxyl groups is 1. The maximum absolute atomic E-state index is 13.0. The summed E-state index contributed by atoms with van der Waals surface area (Å²) >= 11 is 0. The number of fused-ring (bicyclic) bond motifs is 2. The van der Waals surface area contributed by atoms with Gasteiger partial charge in [0.1, 0.15) is 17.4 Å². The SMILES string of the molecule is Cn1c(=O)c(-c2[nH]nc3c2C(c2ccccc2)ON3)c(O)c2ccccc21. The molecule has 1 aliphatic heterocycles. The molecule has 7 nitrogen and oxygen atoms in total. The molecule has 1 atom stereocenters. The zero-order chi connectivity index (χ0) is 18.5. The maximum atomic E-state index is 13.0. The summed E-state index contributed by atoms with van der Waals surface area (Å²) in [5, 5.41) is 18.6. The van der Waals surface area contributed by atoms with Crippen LogP contribution in [0, 0.1) is 0 Å². The van der Waals surface area contributed by atoms with Crippen LogP contribution in [0.2, 0.25) is 0 Å². The van der Waals surface area contributed by atoms with Crippen LogP contribution in [0.3, 0.4) is 0 Å². The van der Waals surface area contributed by atoms with Crippen LogP contribution in [0.4, 0.5) is 5.82 Å². The lowest BCUT2D eigenvalue weighted by Crippen LogP contribution is -2.20. The second-order valence-electron chi connectivity index (χ2n) is 6.48. The second kappa shape index (κ2) is 5.72. The Morgan fingerprint density at radius 3 is 2.67 bits per heavy atom. The van der Waals surface area contributed by atoms with Crippen LogP contribution in [-0.4, -0.2) is 19.9 Å². The summed E-state index contributed by atoms with van der Waals surface area (Å²) < 4.78 is 1.53. The lowest BCUT2D eigenvalue weighted by molar-refractivity contribution is 0.153. The number of benzene rings is 2. The molecule has 4 aromatic rings. The fraction of sp³-hybridized carbons (Fsp3) is 0.100. The summed E-state index contributed by atoms with van der Waals surface area (Å²) in [5.74, 6) is 0.437. The third kappa shape index (κ3) is 2.18. The third-order valence-corrected chi connectivity index (χ3v) is 4.97. The van der Waals surface area contributed by atoms with Gasteiger partial charge in [-0.2, -0.15) is 5.10 Å². The third-order valence-electron chi connectivity index (χ3n) is 4.97. The van der Waals surface area contributed by atoms with Gasteiger partial charge in [-0.15, -0.1) is 0 Å². The van der Waals surface area contributed by atoms with Gasteiger partial charge in [0.15, 0.2) is 5.82 Å². The van der Waals surface area contributed by atoms with E-state index in [9.17, 15) is 9.90 Å². The number of aryl methyl sites for hydroxylation is 1. The van der Waals surface area contributed by atoms with Crippen LogP contribution in [0.1, 0.15) is 17.2 Å². The molecular formula is C20H16N4O3. The van der Waals surface area contributed by atoms with Gasteiger partial charge in [-0.1, -0.05) is 42.5 Å². The van der Waals surface area contributed by atoms with Gasteiger partial charge in [-0.3, -0.25) is 14.7 Å². The first-order valence-electron chi connectivity index (χ1n) is 8.52. The number of hydrogen-bond donors (Lipinski definition) is 3. The average Bonchev–Trinajstić information content (AvgIpc) is 3.30. The Morgan fingerprint density at radius 2 is 1.85 bits per heavy atom. The van der Waals surface area contributed by atoms with Crippen LogP contribution >= 0.6 is 0 Å². The van der Waals surface area contributed by atoms with Crippen molar-refractivity contribution in [3.05, 3.63) is 76.1 Å². The van der Waals surface area contributed by atoms with E-state index in [1.165, 1.54) is 4.57 Å². The number of para-hydroxylation sites is 1. The van der Waals surface area contributed by atoms with E-state index in [0.717, 1.165) is 5.56 Å². The molecule has 27 heavy (non-hydrogen) atoms. The van der Waals surface area contributed by atoms with Crippen molar-refractivity contribution in [2.45, 2.75) is 6.10 Å². The Hall–Kier alpha value is -3.58.